The van der Waals surface area contributed by atoms with Crippen LogP contribution in [-0.2, 0) is 0 Å². The van der Waals surface area contributed by atoms with Gasteiger partial charge in [-0.15, -0.1) is 23.1 Å². The molecule has 5 aromatic rings. The molecule has 0 spiro atoms. The molecular weight excluding hydrogens is 430 g/mol. The first-order chi connectivity index (χ1) is 15.1. The van der Waals surface area contributed by atoms with E-state index in [1.165, 1.54) is 11.8 Å². The van der Waals surface area contributed by atoms with Gasteiger partial charge in [-0.2, -0.15) is 0 Å². The first-order valence-electron chi connectivity index (χ1n) is 9.44. The Morgan fingerprint density at radius 2 is 2.06 bits per heavy atom. The number of nitrogens with zero attached hydrogens (tertiary/aromatic N) is 3. The van der Waals surface area contributed by atoms with Crippen LogP contribution >= 0.6 is 23.1 Å². The molecule has 1 aromatic carbocycles. The standard InChI is InChI=1S/C22H17N5O2S2/c1-12-18(22(30-2)27-19(23-12)16-5-3-9-29-16)21(28)24-13-7-8-14-15(11-13)26-20(25-14)17-6-4-10-31-17/h3-11H,1-2H3,(H,24,28)(H,25,26). The summed E-state index contributed by atoms with van der Waals surface area (Å²) in [4.78, 5) is 31.1. The van der Waals surface area contributed by atoms with Crippen LogP contribution in [-0.4, -0.2) is 32.1 Å². The first kappa shape index (κ1) is 19.5. The van der Waals surface area contributed by atoms with Crippen molar-refractivity contribution in [2.75, 3.05) is 11.6 Å². The van der Waals surface area contributed by atoms with Gasteiger partial charge in [0.1, 0.15) is 10.9 Å². The largest absolute Gasteiger partial charge is 0.461 e. The molecule has 0 fully saturated rings. The van der Waals surface area contributed by atoms with Gasteiger partial charge in [-0.25, -0.2) is 15.0 Å². The van der Waals surface area contributed by atoms with E-state index < -0.39 is 0 Å². The van der Waals surface area contributed by atoms with Crippen molar-refractivity contribution in [3.8, 4) is 22.3 Å². The summed E-state index contributed by atoms with van der Waals surface area (Å²) >= 11 is 3.02. The summed E-state index contributed by atoms with van der Waals surface area (Å²) in [5.74, 6) is 1.58. The zero-order valence-corrected chi connectivity index (χ0v) is 18.3. The van der Waals surface area contributed by atoms with Gasteiger partial charge < -0.3 is 14.7 Å². The van der Waals surface area contributed by atoms with Gasteiger partial charge in [0.05, 0.1) is 33.4 Å². The minimum absolute atomic E-state index is 0.259. The molecule has 1 amide bonds. The third kappa shape index (κ3) is 3.73. The number of nitrogens with one attached hydrogen (secondary N) is 2. The van der Waals surface area contributed by atoms with Crippen molar-refractivity contribution >= 4 is 45.7 Å². The molecule has 0 saturated carbocycles. The van der Waals surface area contributed by atoms with Crippen LogP contribution < -0.4 is 5.32 Å². The van der Waals surface area contributed by atoms with Gasteiger partial charge in [-0.1, -0.05) is 6.07 Å². The molecule has 0 unspecified atom stereocenters. The lowest BCUT2D eigenvalue weighted by Gasteiger charge is -2.11. The maximum atomic E-state index is 13.1. The highest BCUT2D eigenvalue weighted by Gasteiger charge is 2.20. The number of thiophene rings is 1. The molecule has 31 heavy (non-hydrogen) atoms. The fourth-order valence-electron chi connectivity index (χ4n) is 3.28. The van der Waals surface area contributed by atoms with Crippen molar-refractivity contribution in [2.24, 2.45) is 0 Å². The van der Waals surface area contributed by atoms with Crippen LogP contribution in [0, 0.1) is 6.92 Å². The van der Waals surface area contributed by atoms with Crippen molar-refractivity contribution in [1.82, 2.24) is 19.9 Å². The lowest BCUT2D eigenvalue weighted by molar-refractivity contribution is 0.102. The predicted molar refractivity (Wildman–Crippen MR) is 124 cm³/mol. The third-order valence-electron chi connectivity index (χ3n) is 4.71. The summed E-state index contributed by atoms with van der Waals surface area (Å²) in [6.07, 6.45) is 3.45. The van der Waals surface area contributed by atoms with Gasteiger partial charge in [0.2, 0.25) is 0 Å². The second-order valence-electron chi connectivity index (χ2n) is 6.74. The highest BCUT2D eigenvalue weighted by molar-refractivity contribution is 7.98. The average Bonchev–Trinajstić information content (AvgIpc) is 3.53. The Morgan fingerprint density at radius 3 is 2.81 bits per heavy atom. The number of fused-ring (bicyclic) bond motifs is 1. The van der Waals surface area contributed by atoms with Crippen LogP contribution in [0.3, 0.4) is 0 Å². The molecule has 2 N–H and O–H groups in total. The molecule has 9 heteroatoms. The topological polar surface area (TPSA) is 96.7 Å². The van der Waals surface area contributed by atoms with E-state index in [1.54, 1.807) is 36.7 Å². The Labute approximate surface area is 186 Å². The number of carbonyl (C=O) groups is 1. The summed E-state index contributed by atoms with van der Waals surface area (Å²) in [5.41, 5.74) is 3.40. The molecule has 0 bridgehead atoms. The van der Waals surface area contributed by atoms with E-state index >= 15 is 0 Å². The Hall–Kier alpha value is -3.43. The molecule has 0 saturated heterocycles. The van der Waals surface area contributed by atoms with E-state index in [2.05, 4.69) is 25.3 Å². The smallest absolute Gasteiger partial charge is 0.260 e. The molecule has 5 rings (SSSR count). The molecule has 7 nitrogen and oxygen atoms in total. The molecular formula is C22H17N5O2S2. The Balaban J connectivity index is 1.45. The molecule has 4 aromatic heterocycles. The summed E-state index contributed by atoms with van der Waals surface area (Å²) in [5, 5.41) is 5.57. The third-order valence-corrected chi connectivity index (χ3v) is 6.27. The number of carbonyl (C=O) groups excluding carboxylic acids is 1. The number of imidazole rings is 1. The number of H-pyrrole nitrogens is 1. The maximum absolute atomic E-state index is 13.1. The van der Waals surface area contributed by atoms with Gasteiger partial charge in [0, 0.05) is 5.69 Å². The Kier molecular flexibility index (Phi) is 5.05. The zero-order valence-electron chi connectivity index (χ0n) is 16.7. The number of furan rings is 1. The summed E-state index contributed by atoms with van der Waals surface area (Å²) in [7, 11) is 0. The summed E-state index contributed by atoms with van der Waals surface area (Å²) < 4.78 is 5.40. The number of aromatic amines is 1. The normalized spacial score (nSPS) is 11.2. The van der Waals surface area contributed by atoms with Crippen molar-refractivity contribution in [2.45, 2.75) is 11.9 Å². The number of thioether (sulfide) groups is 1. The molecule has 4 heterocycles. The van der Waals surface area contributed by atoms with Crippen LogP contribution in [0.2, 0.25) is 0 Å². The number of rotatable bonds is 5. The van der Waals surface area contributed by atoms with Crippen molar-refractivity contribution in [3.05, 3.63) is 65.4 Å². The number of aromatic nitrogens is 4. The second kappa shape index (κ2) is 8.01. The first-order valence-corrected chi connectivity index (χ1v) is 11.5. The minimum Gasteiger partial charge on any atom is -0.461 e. The van der Waals surface area contributed by atoms with Crippen molar-refractivity contribution in [3.63, 3.8) is 0 Å². The monoisotopic (exact) mass is 447 g/mol. The van der Waals surface area contributed by atoms with Gasteiger partial charge in [0.25, 0.3) is 5.91 Å². The lowest BCUT2D eigenvalue weighted by atomic mass is 10.2. The quantitative estimate of drug-likeness (QED) is 0.268. The van der Waals surface area contributed by atoms with Crippen LogP contribution in [0.5, 0.6) is 0 Å². The fraction of sp³-hybridized carbons (Fsp3) is 0.0909. The van der Waals surface area contributed by atoms with E-state index in [1.807, 2.05) is 42.0 Å². The van der Waals surface area contributed by atoms with Crippen LogP contribution in [0.25, 0.3) is 33.3 Å². The van der Waals surface area contributed by atoms with Crippen molar-refractivity contribution < 1.29 is 9.21 Å². The minimum atomic E-state index is -0.259. The maximum Gasteiger partial charge on any atom is 0.260 e. The molecule has 0 aliphatic carbocycles. The second-order valence-corrected chi connectivity index (χ2v) is 8.49. The van der Waals surface area contributed by atoms with Crippen LogP contribution in [0.15, 0.2) is 63.6 Å². The summed E-state index contributed by atoms with van der Waals surface area (Å²) in [6, 6.07) is 13.2. The highest BCUT2D eigenvalue weighted by atomic mass is 32.2. The zero-order chi connectivity index (χ0) is 21.4. The van der Waals surface area contributed by atoms with Crippen molar-refractivity contribution in [1.29, 1.82) is 0 Å². The number of benzene rings is 1. The summed E-state index contributed by atoms with van der Waals surface area (Å²) in [6.45, 7) is 1.80. The van der Waals surface area contributed by atoms with E-state index in [9.17, 15) is 4.79 Å². The lowest BCUT2D eigenvalue weighted by Crippen LogP contribution is -2.16. The molecule has 0 aliphatic heterocycles. The van der Waals surface area contributed by atoms with Crippen LogP contribution in [0.1, 0.15) is 16.1 Å². The highest BCUT2D eigenvalue weighted by Crippen LogP contribution is 2.28. The van der Waals surface area contributed by atoms with Gasteiger partial charge >= 0.3 is 0 Å². The van der Waals surface area contributed by atoms with Gasteiger partial charge in [0.15, 0.2) is 11.6 Å². The molecule has 154 valence electrons. The van der Waals surface area contributed by atoms with E-state index in [4.69, 9.17) is 4.42 Å². The number of aryl methyl sites for hydroxylation is 1. The molecule has 0 atom stereocenters. The number of hydrogen-bond acceptors (Lipinski definition) is 7. The molecule has 0 radical (unpaired) electrons. The predicted octanol–water partition coefficient (Wildman–Crippen LogP) is 5.62. The fourth-order valence-corrected chi connectivity index (χ4v) is 4.57. The number of anilines is 1. The number of amides is 1. The number of hydrogen-bond donors (Lipinski definition) is 2. The van der Waals surface area contributed by atoms with E-state index in [-0.39, 0.29) is 5.91 Å². The molecule has 0 aliphatic rings. The Morgan fingerprint density at radius 1 is 1.16 bits per heavy atom. The SMILES string of the molecule is CSc1nc(-c2ccco2)nc(C)c1C(=O)Nc1ccc2nc(-c3cccs3)[nH]c2c1. The van der Waals surface area contributed by atoms with Gasteiger partial charge in [-0.05, 0) is 55.0 Å². The van der Waals surface area contributed by atoms with Crippen LogP contribution in [0.4, 0.5) is 5.69 Å². The van der Waals surface area contributed by atoms with E-state index in [0.29, 0.717) is 33.6 Å². The van der Waals surface area contributed by atoms with E-state index in [0.717, 1.165) is 21.7 Å². The Bertz CT molecular complexity index is 1370. The average molecular weight is 448 g/mol. The van der Waals surface area contributed by atoms with Gasteiger partial charge in [-0.3, -0.25) is 4.79 Å².